The predicted octanol–water partition coefficient (Wildman–Crippen LogP) is 3.33. The largest absolute Gasteiger partial charge is 0.335 e. The van der Waals surface area contributed by atoms with Gasteiger partial charge in [-0.3, -0.25) is 0 Å². The highest BCUT2D eigenvalue weighted by Crippen LogP contribution is 2.20. The molecule has 0 aliphatic heterocycles. The second-order valence-corrected chi connectivity index (χ2v) is 4.86. The van der Waals surface area contributed by atoms with E-state index >= 15 is 0 Å². The van der Waals surface area contributed by atoms with Crippen molar-refractivity contribution >= 4 is 0 Å². The van der Waals surface area contributed by atoms with Crippen LogP contribution in [-0.2, 0) is 13.0 Å². The van der Waals surface area contributed by atoms with E-state index in [1.807, 2.05) is 18.3 Å². The molecule has 1 aromatic carbocycles. The van der Waals surface area contributed by atoms with Crippen molar-refractivity contribution in [3.05, 3.63) is 53.9 Å². The molecule has 1 unspecified atom stereocenters. The summed E-state index contributed by atoms with van der Waals surface area (Å²) in [4.78, 5) is 4.39. The van der Waals surface area contributed by atoms with Gasteiger partial charge in [0.25, 0.3) is 0 Å². The normalized spacial score (nSPS) is 12.6. The predicted molar refractivity (Wildman–Crippen MR) is 79.0 cm³/mol. The Morgan fingerprint density at radius 1 is 1.30 bits per heavy atom. The molecule has 0 saturated heterocycles. The fourth-order valence-electron chi connectivity index (χ4n) is 2.37. The minimum Gasteiger partial charge on any atom is -0.335 e. The molecular weight excluding hydrogens is 253 g/mol. The van der Waals surface area contributed by atoms with Crippen LogP contribution in [0.25, 0.3) is 0 Å². The number of halogens is 1. The highest BCUT2D eigenvalue weighted by molar-refractivity contribution is 5.22. The average molecular weight is 275 g/mol. The third-order valence-corrected chi connectivity index (χ3v) is 3.45. The van der Waals surface area contributed by atoms with E-state index in [9.17, 15) is 4.39 Å². The molecule has 3 nitrogen and oxygen atoms in total. The number of nitrogens with zero attached hydrogens (tertiary/aromatic N) is 2. The van der Waals surface area contributed by atoms with Crippen LogP contribution in [0.2, 0.25) is 0 Å². The van der Waals surface area contributed by atoms with Crippen molar-refractivity contribution in [2.75, 3.05) is 6.54 Å². The molecule has 1 atom stereocenters. The van der Waals surface area contributed by atoms with Gasteiger partial charge in [-0.05, 0) is 26.0 Å². The van der Waals surface area contributed by atoms with Gasteiger partial charge in [0.15, 0.2) is 0 Å². The summed E-state index contributed by atoms with van der Waals surface area (Å²) in [5, 5.41) is 3.42. The van der Waals surface area contributed by atoms with E-state index in [-0.39, 0.29) is 11.9 Å². The molecular formula is C16H22FN3. The molecule has 2 aromatic rings. The van der Waals surface area contributed by atoms with Gasteiger partial charge in [-0.2, -0.15) is 0 Å². The van der Waals surface area contributed by atoms with Crippen LogP contribution in [0.15, 0.2) is 36.7 Å². The molecule has 20 heavy (non-hydrogen) atoms. The summed E-state index contributed by atoms with van der Waals surface area (Å²) in [5.74, 6) is 0.833. The van der Waals surface area contributed by atoms with Crippen LogP contribution >= 0.6 is 0 Å². The molecule has 0 saturated carbocycles. The van der Waals surface area contributed by atoms with Gasteiger partial charge in [0, 0.05) is 37.0 Å². The fraction of sp³-hybridized carbons (Fsp3) is 0.438. The van der Waals surface area contributed by atoms with Crippen LogP contribution in [-0.4, -0.2) is 16.1 Å². The number of nitrogens with one attached hydrogen (secondary N) is 1. The first kappa shape index (κ1) is 14.7. The van der Waals surface area contributed by atoms with Crippen molar-refractivity contribution in [3.8, 4) is 0 Å². The molecule has 1 aromatic heterocycles. The first-order valence-corrected chi connectivity index (χ1v) is 7.24. The van der Waals surface area contributed by atoms with Crippen LogP contribution in [0.4, 0.5) is 4.39 Å². The summed E-state index contributed by atoms with van der Waals surface area (Å²) >= 11 is 0. The molecule has 0 fully saturated rings. The standard InChI is InChI=1S/C16H22FN3/c1-3-9-18-15(13-7-5-6-8-14(13)17)12-16-19-10-11-20(16)4-2/h5-8,10-11,15,18H,3-4,9,12H2,1-2H3. The van der Waals surface area contributed by atoms with Crippen LogP contribution in [0, 0.1) is 5.82 Å². The minimum absolute atomic E-state index is 0.0381. The van der Waals surface area contributed by atoms with Gasteiger partial charge in [-0.15, -0.1) is 0 Å². The molecule has 1 heterocycles. The van der Waals surface area contributed by atoms with Crippen LogP contribution in [0.5, 0.6) is 0 Å². The molecule has 0 bridgehead atoms. The third kappa shape index (κ3) is 3.45. The van der Waals surface area contributed by atoms with E-state index in [1.165, 1.54) is 6.07 Å². The van der Waals surface area contributed by atoms with E-state index < -0.39 is 0 Å². The first-order valence-electron chi connectivity index (χ1n) is 7.24. The lowest BCUT2D eigenvalue weighted by molar-refractivity contribution is 0.481. The molecule has 0 radical (unpaired) electrons. The monoisotopic (exact) mass is 275 g/mol. The van der Waals surface area contributed by atoms with Gasteiger partial charge < -0.3 is 9.88 Å². The van der Waals surface area contributed by atoms with Gasteiger partial charge in [0.05, 0.1) is 0 Å². The third-order valence-electron chi connectivity index (χ3n) is 3.45. The van der Waals surface area contributed by atoms with E-state index in [4.69, 9.17) is 0 Å². The Morgan fingerprint density at radius 3 is 2.80 bits per heavy atom. The van der Waals surface area contributed by atoms with Gasteiger partial charge in [-0.1, -0.05) is 25.1 Å². The Balaban J connectivity index is 2.22. The topological polar surface area (TPSA) is 29.9 Å². The Kier molecular flexibility index (Phi) is 5.30. The zero-order valence-corrected chi connectivity index (χ0v) is 12.1. The Morgan fingerprint density at radius 2 is 2.10 bits per heavy atom. The Hall–Kier alpha value is -1.68. The lowest BCUT2D eigenvalue weighted by atomic mass is 10.0. The molecule has 0 aliphatic rings. The van der Waals surface area contributed by atoms with E-state index in [0.29, 0.717) is 12.0 Å². The summed E-state index contributed by atoms with van der Waals surface area (Å²) in [5.41, 5.74) is 0.714. The minimum atomic E-state index is -0.157. The van der Waals surface area contributed by atoms with Crippen LogP contribution in [0.3, 0.4) is 0 Å². The van der Waals surface area contributed by atoms with Crippen molar-refractivity contribution in [3.63, 3.8) is 0 Å². The molecule has 4 heteroatoms. The SMILES string of the molecule is CCCNC(Cc1nccn1CC)c1ccccc1F. The van der Waals surface area contributed by atoms with Crippen LogP contribution < -0.4 is 5.32 Å². The summed E-state index contributed by atoms with van der Waals surface area (Å²) in [6.07, 6.45) is 5.49. The van der Waals surface area contributed by atoms with E-state index in [2.05, 4.69) is 28.7 Å². The van der Waals surface area contributed by atoms with Gasteiger partial charge in [0.1, 0.15) is 11.6 Å². The number of imidazole rings is 1. The Labute approximate surface area is 119 Å². The zero-order valence-electron chi connectivity index (χ0n) is 12.1. The molecule has 2 rings (SSSR count). The molecule has 0 spiro atoms. The van der Waals surface area contributed by atoms with E-state index in [1.54, 1.807) is 12.3 Å². The molecule has 1 N–H and O–H groups in total. The second-order valence-electron chi connectivity index (χ2n) is 4.86. The summed E-state index contributed by atoms with van der Waals surface area (Å²) in [7, 11) is 0. The Bertz CT molecular complexity index is 536. The highest BCUT2D eigenvalue weighted by Gasteiger charge is 2.17. The lowest BCUT2D eigenvalue weighted by Crippen LogP contribution is -2.26. The first-order chi connectivity index (χ1) is 9.76. The van der Waals surface area contributed by atoms with Crippen molar-refractivity contribution < 1.29 is 4.39 Å². The number of aryl methyl sites for hydroxylation is 1. The molecule has 108 valence electrons. The maximum Gasteiger partial charge on any atom is 0.127 e. The second kappa shape index (κ2) is 7.20. The number of hydrogen-bond donors (Lipinski definition) is 1. The highest BCUT2D eigenvalue weighted by atomic mass is 19.1. The summed E-state index contributed by atoms with van der Waals surface area (Å²) in [6.45, 7) is 5.94. The molecule has 0 aliphatic carbocycles. The maximum atomic E-state index is 14.0. The maximum absolute atomic E-state index is 14.0. The molecule has 0 amide bonds. The summed E-state index contributed by atoms with van der Waals surface area (Å²) in [6, 6.07) is 6.93. The van der Waals surface area contributed by atoms with Gasteiger partial charge in [0.2, 0.25) is 0 Å². The lowest BCUT2D eigenvalue weighted by Gasteiger charge is -2.19. The van der Waals surface area contributed by atoms with Crippen molar-refractivity contribution in [2.45, 2.75) is 39.3 Å². The fourth-order valence-corrected chi connectivity index (χ4v) is 2.37. The quantitative estimate of drug-likeness (QED) is 0.840. The average Bonchev–Trinajstić information content (AvgIpc) is 2.91. The zero-order chi connectivity index (χ0) is 14.4. The number of rotatable bonds is 7. The number of hydrogen-bond acceptors (Lipinski definition) is 2. The number of benzene rings is 1. The van der Waals surface area contributed by atoms with Gasteiger partial charge >= 0.3 is 0 Å². The van der Waals surface area contributed by atoms with E-state index in [0.717, 1.165) is 25.3 Å². The summed E-state index contributed by atoms with van der Waals surface area (Å²) < 4.78 is 16.1. The van der Waals surface area contributed by atoms with Crippen molar-refractivity contribution in [1.29, 1.82) is 0 Å². The van der Waals surface area contributed by atoms with Crippen molar-refractivity contribution in [1.82, 2.24) is 14.9 Å². The smallest absolute Gasteiger partial charge is 0.127 e. The van der Waals surface area contributed by atoms with Crippen LogP contribution in [0.1, 0.15) is 37.7 Å². The van der Waals surface area contributed by atoms with Gasteiger partial charge in [-0.25, -0.2) is 9.37 Å². The van der Waals surface area contributed by atoms with Crippen molar-refractivity contribution in [2.24, 2.45) is 0 Å². The number of aromatic nitrogens is 2.